The smallest absolute Gasteiger partial charge is 0.326 e. The SMILES string of the molecule is COc1ccc2c(c1)CCC2NC(=O)c1[nH]c(=O)[nH]c(=O)c1N. The van der Waals surface area contributed by atoms with Crippen LogP contribution in [-0.2, 0) is 6.42 Å². The van der Waals surface area contributed by atoms with Crippen molar-refractivity contribution in [1.29, 1.82) is 0 Å². The summed E-state index contributed by atoms with van der Waals surface area (Å²) < 4.78 is 5.19. The Morgan fingerprint density at radius 2 is 2.13 bits per heavy atom. The Hall–Kier alpha value is -3.03. The minimum absolute atomic E-state index is 0.203. The number of aromatic nitrogens is 2. The molecule has 0 bridgehead atoms. The van der Waals surface area contributed by atoms with Crippen molar-refractivity contribution in [2.45, 2.75) is 18.9 Å². The molecule has 1 aromatic carbocycles. The number of anilines is 1. The molecule has 0 radical (unpaired) electrons. The molecule has 8 nitrogen and oxygen atoms in total. The maximum absolute atomic E-state index is 12.3. The van der Waals surface area contributed by atoms with Crippen LogP contribution < -0.4 is 27.0 Å². The second-order valence-corrected chi connectivity index (χ2v) is 5.33. The average molecular weight is 316 g/mol. The first-order valence-electron chi connectivity index (χ1n) is 7.09. The fourth-order valence-corrected chi connectivity index (χ4v) is 2.78. The van der Waals surface area contributed by atoms with Crippen molar-refractivity contribution in [3.63, 3.8) is 0 Å². The number of fused-ring (bicyclic) bond motifs is 1. The van der Waals surface area contributed by atoms with Crippen molar-refractivity contribution >= 4 is 11.6 Å². The molecule has 1 heterocycles. The van der Waals surface area contributed by atoms with Crippen molar-refractivity contribution in [3.05, 3.63) is 55.9 Å². The van der Waals surface area contributed by atoms with Crippen LogP contribution in [0.1, 0.15) is 34.1 Å². The normalized spacial score (nSPS) is 16.0. The zero-order valence-corrected chi connectivity index (χ0v) is 12.4. The molecular formula is C15H16N4O4. The zero-order chi connectivity index (χ0) is 16.6. The third-order valence-electron chi connectivity index (χ3n) is 3.94. The number of hydrogen-bond donors (Lipinski definition) is 4. The number of hydrogen-bond acceptors (Lipinski definition) is 5. The molecular weight excluding hydrogens is 300 g/mol. The number of H-pyrrole nitrogens is 2. The molecule has 3 rings (SSSR count). The molecule has 8 heteroatoms. The van der Waals surface area contributed by atoms with Gasteiger partial charge < -0.3 is 20.8 Å². The van der Waals surface area contributed by atoms with Gasteiger partial charge in [-0.3, -0.25) is 14.6 Å². The number of aromatic amines is 2. The fraction of sp³-hybridized carbons (Fsp3) is 0.267. The van der Waals surface area contributed by atoms with Crippen LogP contribution in [0.25, 0.3) is 0 Å². The molecule has 5 N–H and O–H groups in total. The number of methoxy groups -OCH3 is 1. The van der Waals surface area contributed by atoms with E-state index in [1.807, 2.05) is 23.2 Å². The minimum atomic E-state index is -0.782. The largest absolute Gasteiger partial charge is 0.497 e. The summed E-state index contributed by atoms with van der Waals surface area (Å²) in [5.41, 5.74) is 5.57. The molecule has 0 fully saturated rings. The molecule has 0 saturated carbocycles. The number of ether oxygens (including phenoxy) is 1. The van der Waals surface area contributed by atoms with Gasteiger partial charge in [0.1, 0.15) is 17.1 Å². The van der Waals surface area contributed by atoms with E-state index in [-0.39, 0.29) is 17.4 Å². The van der Waals surface area contributed by atoms with Crippen molar-refractivity contribution in [3.8, 4) is 5.75 Å². The molecule has 23 heavy (non-hydrogen) atoms. The second-order valence-electron chi connectivity index (χ2n) is 5.33. The van der Waals surface area contributed by atoms with Crippen molar-refractivity contribution in [1.82, 2.24) is 15.3 Å². The third kappa shape index (κ3) is 2.70. The van der Waals surface area contributed by atoms with E-state index in [0.717, 1.165) is 29.7 Å². The molecule has 2 aromatic rings. The lowest BCUT2D eigenvalue weighted by atomic mass is 10.1. The topological polar surface area (TPSA) is 130 Å². The number of rotatable bonds is 3. The molecule has 0 aliphatic heterocycles. The summed E-state index contributed by atoms with van der Waals surface area (Å²) in [5, 5.41) is 2.80. The number of nitrogens with two attached hydrogens (primary N) is 1. The molecule has 1 aliphatic rings. The number of nitrogens with one attached hydrogen (secondary N) is 3. The average Bonchev–Trinajstić information content (AvgIpc) is 2.92. The molecule has 1 unspecified atom stereocenters. The number of carbonyl (C=O) groups is 1. The third-order valence-corrected chi connectivity index (χ3v) is 3.94. The van der Waals surface area contributed by atoms with Gasteiger partial charge in [0.2, 0.25) is 0 Å². The van der Waals surface area contributed by atoms with Gasteiger partial charge in [-0.2, -0.15) is 0 Å². The molecule has 1 aliphatic carbocycles. The number of carbonyl (C=O) groups excluding carboxylic acids is 1. The number of nitrogen functional groups attached to an aromatic ring is 1. The highest BCUT2D eigenvalue weighted by Crippen LogP contribution is 2.33. The van der Waals surface area contributed by atoms with Crippen LogP contribution in [0.4, 0.5) is 5.69 Å². The van der Waals surface area contributed by atoms with Gasteiger partial charge >= 0.3 is 5.69 Å². The van der Waals surface area contributed by atoms with Gasteiger partial charge in [-0.25, -0.2) is 4.79 Å². The highest BCUT2D eigenvalue weighted by molar-refractivity contribution is 5.97. The predicted molar refractivity (Wildman–Crippen MR) is 83.6 cm³/mol. The van der Waals surface area contributed by atoms with Crippen LogP contribution in [0.15, 0.2) is 27.8 Å². The summed E-state index contributed by atoms with van der Waals surface area (Å²) in [7, 11) is 1.60. The van der Waals surface area contributed by atoms with Gasteiger partial charge in [-0.1, -0.05) is 6.07 Å². The molecule has 1 atom stereocenters. The van der Waals surface area contributed by atoms with Crippen LogP contribution in [0.3, 0.4) is 0 Å². The van der Waals surface area contributed by atoms with Crippen molar-refractivity contribution in [2.24, 2.45) is 0 Å². The molecule has 1 amide bonds. The summed E-state index contributed by atoms with van der Waals surface area (Å²) in [6.07, 6.45) is 1.53. The maximum atomic E-state index is 12.3. The predicted octanol–water partition coefficient (Wildman–Crippen LogP) is 0.0713. The molecule has 0 saturated heterocycles. The van der Waals surface area contributed by atoms with E-state index >= 15 is 0 Å². The van der Waals surface area contributed by atoms with Crippen LogP contribution in [0.5, 0.6) is 5.75 Å². The van der Waals surface area contributed by atoms with Crippen LogP contribution in [0.2, 0.25) is 0 Å². The Kier molecular flexibility index (Phi) is 3.65. The number of aryl methyl sites for hydroxylation is 1. The lowest BCUT2D eigenvalue weighted by Gasteiger charge is -2.15. The minimum Gasteiger partial charge on any atom is -0.497 e. The highest BCUT2D eigenvalue weighted by Gasteiger charge is 2.26. The van der Waals surface area contributed by atoms with Gasteiger partial charge in [0.15, 0.2) is 0 Å². The highest BCUT2D eigenvalue weighted by atomic mass is 16.5. The summed E-state index contributed by atoms with van der Waals surface area (Å²) in [5.74, 6) is 0.179. The van der Waals surface area contributed by atoms with Gasteiger partial charge in [0, 0.05) is 0 Å². The van der Waals surface area contributed by atoms with Gasteiger partial charge in [-0.15, -0.1) is 0 Å². The van der Waals surface area contributed by atoms with Crippen LogP contribution in [0, 0.1) is 0 Å². The Bertz CT molecular complexity index is 884. The second kappa shape index (κ2) is 5.64. The van der Waals surface area contributed by atoms with Crippen LogP contribution >= 0.6 is 0 Å². The Labute approximate surface area is 130 Å². The Morgan fingerprint density at radius 1 is 1.35 bits per heavy atom. The first-order chi connectivity index (χ1) is 11.0. The maximum Gasteiger partial charge on any atom is 0.326 e. The number of benzene rings is 1. The standard InChI is InChI=1S/C15H16N4O4/c1-23-8-3-4-9-7(6-8)2-5-10(9)17-14(21)12-11(16)13(20)19-15(22)18-12/h3-4,6,10H,2,5,16H2,1H3,(H,17,21)(H2,18,19,20,22). The van der Waals surface area contributed by atoms with E-state index in [4.69, 9.17) is 10.5 Å². The first-order valence-corrected chi connectivity index (χ1v) is 7.09. The summed E-state index contributed by atoms with van der Waals surface area (Å²) in [4.78, 5) is 39.3. The summed E-state index contributed by atoms with van der Waals surface area (Å²) in [6.45, 7) is 0. The summed E-state index contributed by atoms with van der Waals surface area (Å²) in [6, 6.07) is 5.46. The molecule has 120 valence electrons. The molecule has 0 spiro atoms. The van der Waals surface area contributed by atoms with Crippen molar-refractivity contribution in [2.75, 3.05) is 12.8 Å². The summed E-state index contributed by atoms with van der Waals surface area (Å²) >= 11 is 0. The van der Waals surface area contributed by atoms with E-state index < -0.39 is 17.2 Å². The molecule has 1 aromatic heterocycles. The Morgan fingerprint density at radius 3 is 2.87 bits per heavy atom. The fourth-order valence-electron chi connectivity index (χ4n) is 2.78. The lowest BCUT2D eigenvalue weighted by molar-refractivity contribution is 0.0932. The van der Waals surface area contributed by atoms with E-state index in [2.05, 4.69) is 10.3 Å². The van der Waals surface area contributed by atoms with E-state index in [1.54, 1.807) is 7.11 Å². The zero-order valence-electron chi connectivity index (χ0n) is 12.4. The van der Waals surface area contributed by atoms with Gasteiger partial charge in [-0.05, 0) is 36.1 Å². The van der Waals surface area contributed by atoms with Crippen LogP contribution in [-0.4, -0.2) is 23.0 Å². The number of amides is 1. The van der Waals surface area contributed by atoms with E-state index in [0.29, 0.717) is 0 Å². The van der Waals surface area contributed by atoms with Crippen molar-refractivity contribution < 1.29 is 9.53 Å². The quantitative estimate of drug-likeness (QED) is 0.636. The Balaban J connectivity index is 1.86. The first kappa shape index (κ1) is 14.9. The van der Waals surface area contributed by atoms with Gasteiger partial charge in [0.05, 0.1) is 13.2 Å². The van der Waals surface area contributed by atoms with E-state index in [1.165, 1.54) is 0 Å². The van der Waals surface area contributed by atoms with Gasteiger partial charge in [0.25, 0.3) is 11.5 Å². The van der Waals surface area contributed by atoms with E-state index in [9.17, 15) is 14.4 Å². The monoisotopic (exact) mass is 316 g/mol. The lowest BCUT2D eigenvalue weighted by Crippen LogP contribution is -2.34.